The van der Waals surface area contributed by atoms with Crippen molar-refractivity contribution in [3.05, 3.63) is 0 Å². The van der Waals surface area contributed by atoms with Crippen LogP contribution in [0.3, 0.4) is 0 Å². The lowest BCUT2D eigenvalue weighted by atomic mass is 9.92. The Morgan fingerprint density at radius 2 is 1.93 bits per heavy atom. The molecule has 1 saturated carbocycles. The molecule has 2 N–H and O–H groups in total. The van der Waals surface area contributed by atoms with Crippen LogP contribution in [-0.4, -0.2) is 23.8 Å². The van der Waals surface area contributed by atoms with E-state index in [-0.39, 0.29) is 6.10 Å². The van der Waals surface area contributed by atoms with E-state index in [1.54, 1.807) is 0 Å². The van der Waals surface area contributed by atoms with Crippen molar-refractivity contribution < 1.29 is 5.11 Å². The molecule has 0 aliphatic heterocycles. The van der Waals surface area contributed by atoms with E-state index in [0.717, 1.165) is 25.3 Å². The van der Waals surface area contributed by atoms with E-state index in [4.69, 9.17) is 0 Å². The van der Waals surface area contributed by atoms with Crippen LogP contribution in [0.4, 0.5) is 0 Å². The average Bonchev–Trinajstić information content (AvgIpc) is 2.20. The fourth-order valence-electron chi connectivity index (χ4n) is 2.31. The van der Waals surface area contributed by atoms with Crippen LogP contribution < -0.4 is 5.32 Å². The van der Waals surface area contributed by atoms with E-state index in [0.29, 0.717) is 6.04 Å². The summed E-state index contributed by atoms with van der Waals surface area (Å²) < 4.78 is 0. The van der Waals surface area contributed by atoms with Gasteiger partial charge in [0.15, 0.2) is 0 Å². The minimum Gasteiger partial charge on any atom is -0.392 e. The van der Waals surface area contributed by atoms with Gasteiger partial charge in [0.25, 0.3) is 0 Å². The molecule has 0 aromatic rings. The third kappa shape index (κ3) is 5.53. The number of rotatable bonds is 6. The zero-order valence-electron chi connectivity index (χ0n) is 10.3. The van der Waals surface area contributed by atoms with Crippen molar-refractivity contribution >= 4 is 0 Å². The molecule has 1 aliphatic carbocycles. The van der Waals surface area contributed by atoms with Crippen molar-refractivity contribution in [2.45, 2.75) is 70.9 Å². The third-order valence-corrected chi connectivity index (χ3v) is 3.34. The molecule has 2 unspecified atom stereocenters. The molecule has 0 spiro atoms. The fourth-order valence-corrected chi connectivity index (χ4v) is 2.31. The Morgan fingerprint density at radius 1 is 1.20 bits per heavy atom. The molecule has 0 aromatic heterocycles. The molecule has 0 radical (unpaired) electrons. The number of hydrogen-bond acceptors (Lipinski definition) is 2. The Hall–Kier alpha value is -0.0800. The predicted molar refractivity (Wildman–Crippen MR) is 65.0 cm³/mol. The largest absolute Gasteiger partial charge is 0.392 e. The summed E-state index contributed by atoms with van der Waals surface area (Å²) in [6, 6.07) is 0.373. The van der Waals surface area contributed by atoms with Crippen molar-refractivity contribution in [1.82, 2.24) is 5.32 Å². The van der Waals surface area contributed by atoms with Crippen LogP contribution in [0.15, 0.2) is 0 Å². The van der Waals surface area contributed by atoms with Gasteiger partial charge < -0.3 is 10.4 Å². The first-order valence-corrected chi connectivity index (χ1v) is 6.61. The quantitative estimate of drug-likeness (QED) is 0.665. The molecule has 0 amide bonds. The normalized spacial score (nSPS) is 27.2. The van der Waals surface area contributed by atoms with Gasteiger partial charge in [-0.3, -0.25) is 0 Å². The number of aliphatic hydroxyl groups excluding tert-OH is 1. The predicted octanol–water partition coefficient (Wildman–Crippen LogP) is 2.71. The lowest BCUT2D eigenvalue weighted by Crippen LogP contribution is -2.42. The molecule has 2 heteroatoms. The molecule has 15 heavy (non-hydrogen) atoms. The minimum absolute atomic E-state index is 0.0937. The molecule has 0 saturated heterocycles. The Balaban J connectivity index is 1.99. The second kappa shape index (κ2) is 7.24. The topological polar surface area (TPSA) is 32.3 Å². The molecule has 2 atom stereocenters. The molecule has 2 nitrogen and oxygen atoms in total. The Kier molecular flexibility index (Phi) is 6.26. The van der Waals surface area contributed by atoms with Crippen molar-refractivity contribution in [3.8, 4) is 0 Å². The van der Waals surface area contributed by atoms with Gasteiger partial charge in [0, 0.05) is 6.04 Å². The maximum Gasteiger partial charge on any atom is 0.0693 e. The maximum atomic E-state index is 9.75. The van der Waals surface area contributed by atoms with Crippen molar-refractivity contribution in [1.29, 1.82) is 0 Å². The first kappa shape index (κ1) is 13.0. The van der Waals surface area contributed by atoms with Gasteiger partial charge in [0.1, 0.15) is 0 Å². The third-order valence-electron chi connectivity index (χ3n) is 3.34. The number of hydrogen-bond donors (Lipinski definition) is 2. The molecule has 90 valence electrons. The number of unbranched alkanes of at least 4 members (excludes halogenated alkanes) is 1. The SMILES string of the molecule is CC(C)CCCCNC1CCCCC1O. The Bertz CT molecular complexity index is 159. The molecule has 1 aliphatic rings. The van der Waals surface area contributed by atoms with Gasteiger partial charge in [-0.2, -0.15) is 0 Å². The summed E-state index contributed by atoms with van der Waals surface area (Å²) in [6.07, 6.45) is 8.43. The van der Waals surface area contributed by atoms with Gasteiger partial charge in [0.2, 0.25) is 0 Å². The first-order chi connectivity index (χ1) is 7.20. The number of nitrogens with one attached hydrogen (secondary N) is 1. The zero-order chi connectivity index (χ0) is 11.1. The van der Waals surface area contributed by atoms with Gasteiger partial charge in [0.05, 0.1) is 6.10 Å². The highest BCUT2D eigenvalue weighted by molar-refractivity contribution is 4.79. The molecular formula is C13H27NO. The Labute approximate surface area is 94.5 Å². The van der Waals surface area contributed by atoms with Gasteiger partial charge in [-0.1, -0.05) is 39.5 Å². The highest BCUT2D eigenvalue weighted by Gasteiger charge is 2.21. The van der Waals surface area contributed by atoms with Crippen LogP contribution in [-0.2, 0) is 0 Å². The van der Waals surface area contributed by atoms with Crippen LogP contribution in [0.5, 0.6) is 0 Å². The van der Waals surface area contributed by atoms with Gasteiger partial charge >= 0.3 is 0 Å². The average molecular weight is 213 g/mol. The van der Waals surface area contributed by atoms with Crippen LogP contribution in [0, 0.1) is 5.92 Å². The second-order valence-electron chi connectivity index (χ2n) is 5.30. The lowest BCUT2D eigenvalue weighted by Gasteiger charge is -2.28. The van der Waals surface area contributed by atoms with Gasteiger partial charge in [-0.15, -0.1) is 0 Å². The van der Waals surface area contributed by atoms with Crippen LogP contribution in [0.25, 0.3) is 0 Å². The van der Waals surface area contributed by atoms with E-state index < -0.39 is 0 Å². The highest BCUT2D eigenvalue weighted by Crippen LogP contribution is 2.18. The first-order valence-electron chi connectivity index (χ1n) is 6.61. The van der Waals surface area contributed by atoms with E-state index in [2.05, 4.69) is 19.2 Å². The summed E-state index contributed by atoms with van der Waals surface area (Å²) in [7, 11) is 0. The summed E-state index contributed by atoms with van der Waals surface area (Å²) in [4.78, 5) is 0. The van der Waals surface area contributed by atoms with Crippen LogP contribution in [0.2, 0.25) is 0 Å². The van der Waals surface area contributed by atoms with Crippen molar-refractivity contribution in [2.75, 3.05) is 6.54 Å². The zero-order valence-corrected chi connectivity index (χ0v) is 10.3. The summed E-state index contributed by atoms with van der Waals surface area (Å²) in [6.45, 7) is 5.63. The molecule has 1 rings (SSSR count). The standard InChI is InChI=1S/C13H27NO/c1-11(2)7-5-6-10-14-12-8-3-4-9-13(12)15/h11-15H,3-10H2,1-2H3. The molecule has 0 aromatic carbocycles. The fraction of sp³-hybridized carbons (Fsp3) is 1.00. The molecule has 1 fully saturated rings. The van der Waals surface area contributed by atoms with E-state index in [1.807, 2.05) is 0 Å². The summed E-state index contributed by atoms with van der Waals surface area (Å²) in [5.41, 5.74) is 0. The van der Waals surface area contributed by atoms with E-state index in [1.165, 1.54) is 32.1 Å². The van der Waals surface area contributed by atoms with E-state index in [9.17, 15) is 5.11 Å². The summed E-state index contributed by atoms with van der Waals surface area (Å²) in [5.74, 6) is 0.824. The molecule has 0 bridgehead atoms. The van der Waals surface area contributed by atoms with E-state index >= 15 is 0 Å². The van der Waals surface area contributed by atoms with Gasteiger partial charge in [-0.25, -0.2) is 0 Å². The summed E-state index contributed by atoms with van der Waals surface area (Å²) >= 11 is 0. The smallest absolute Gasteiger partial charge is 0.0693 e. The summed E-state index contributed by atoms with van der Waals surface area (Å²) in [5, 5.41) is 13.2. The molecule has 0 heterocycles. The van der Waals surface area contributed by atoms with Crippen molar-refractivity contribution in [2.24, 2.45) is 5.92 Å². The van der Waals surface area contributed by atoms with Crippen molar-refractivity contribution in [3.63, 3.8) is 0 Å². The van der Waals surface area contributed by atoms with Crippen LogP contribution in [0.1, 0.15) is 58.8 Å². The maximum absolute atomic E-state index is 9.75. The van der Waals surface area contributed by atoms with Crippen LogP contribution >= 0.6 is 0 Å². The Morgan fingerprint density at radius 3 is 2.60 bits per heavy atom. The second-order valence-corrected chi connectivity index (χ2v) is 5.30. The minimum atomic E-state index is -0.0937. The lowest BCUT2D eigenvalue weighted by molar-refractivity contribution is 0.0909. The highest BCUT2D eigenvalue weighted by atomic mass is 16.3. The monoisotopic (exact) mass is 213 g/mol. The number of aliphatic hydroxyl groups is 1. The molecular weight excluding hydrogens is 186 g/mol. The van der Waals surface area contributed by atoms with Gasteiger partial charge in [-0.05, 0) is 31.7 Å².